The minimum Gasteiger partial charge on any atom is -0.481 e. The average molecular weight is 305 g/mol. The van der Waals surface area contributed by atoms with Crippen molar-refractivity contribution in [2.45, 2.75) is 12.8 Å². The van der Waals surface area contributed by atoms with Gasteiger partial charge in [-0.2, -0.15) is 0 Å². The molecule has 0 amide bonds. The van der Waals surface area contributed by atoms with E-state index >= 15 is 0 Å². The van der Waals surface area contributed by atoms with Gasteiger partial charge in [0.15, 0.2) is 0 Å². The summed E-state index contributed by atoms with van der Waals surface area (Å²) in [4.78, 5) is 17.0. The van der Waals surface area contributed by atoms with E-state index in [9.17, 15) is 4.79 Å². The number of aryl methyl sites for hydroxylation is 1. The van der Waals surface area contributed by atoms with E-state index in [2.05, 4.69) is 4.98 Å². The number of benzene rings is 1. The number of carboxylic acids is 1. The van der Waals surface area contributed by atoms with E-state index < -0.39 is 5.97 Å². The first-order chi connectivity index (χ1) is 9.97. The minimum atomic E-state index is -0.815. The summed E-state index contributed by atoms with van der Waals surface area (Å²) >= 11 is 6.03. The fraction of sp³-hybridized carbons (Fsp3) is 0.250. The fourth-order valence-corrected chi connectivity index (χ4v) is 2.32. The number of aliphatic carboxylic acids is 1. The summed E-state index contributed by atoms with van der Waals surface area (Å²) in [5, 5.41) is 9.48. The van der Waals surface area contributed by atoms with Crippen molar-refractivity contribution in [2.24, 2.45) is 0 Å². The molecule has 110 valence electrons. The van der Waals surface area contributed by atoms with Gasteiger partial charge in [-0.1, -0.05) is 17.7 Å². The molecular weight excluding hydrogens is 288 g/mol. The van der Waals surface area contributed by atoms with Gasteiger partial charge >= 0.3 is 5.97 Å². The molecule has 4 nitrogen and oxygen atoms in total. The average Bonchev–Trinajstić information content (AvgIpc) is 2.45. The first-order valence-electron chi connectivity index (χ1n) is 6.61. The molecule has 0 fully saturated rings. The number of carbonyl (C=O) groups is 1. The van der Waals surface area contributed by atoms with Crippen LogP contribution in [0.1, 0.15) is 12.0 Å². The molecule has 1 aromatic heterocycles. The molecule has 0 spiro atoms. The second-order valence-corrected chi connectivity index (χ2v) is 5.43. The lowest BCUT2D eigenvalue weighted by Crippen LogP contribution is -2.10. The van der Waals surface area contributed by atoms with Crippen LogP contribution in [0.25, 0.3) is 11.1 Å². The van der Waals surface area contributed by atoms with Gasteiger partial charge in [0, 0.05) is 31.7 Å². The highest BCUT2D eigenvalue weighted by atomic mass is 35.5. The van der Waals surface area contributed by atoms with Gasteiger partial charge in [0.05, 0.1) is 0 Å². The molecule has 0 radical (unpaired) electrons. The van der Waals surface area contributed by atoms with Gasteiger partial charge in [-0.15, -0.1) is 0 Å². The Morgan fingerprint density at radius 2 is 2.05 bits per heavy atom. The highest BCUT2D eigenvalue weighted by Crippen LogP contribution is 2.29. The zero-order valence-electron chi connectivity index (χ0n) is 12.0. The summed E-state index contributed by atoms with van der Waals surface area (Å²) in [6.45, 7) is 0. The van der Waals surface area contributed by atoms with Crippen molar-refractivity contribution in [2.75, 3.05) is 19.0 Å². The Balaban J connectivity index is 2.42. The maximum Gasteiger partial charge on any atom is 0.303 e. The predicted octanol–water partition coefficient (Wildman–Crippen LogP) is 3.49. The summed E-state index contributed by atoms with van der Waals surface area (Å²) in [5.74, 6) is 0.0382. The van der Waals surface area contributed by atoms with E-state index in [-0.39, 0.29) is 6.42 Å². The summed E-state index contributed by atoms with van der Waals surface area (Å²) in [7, 11) is 3.86. The number of pyridine rings is 1. The molecule has 0 unspecified atom stereocenters. The molecule has 5 heteroatoms. The van der Waals surface area contributed by atoms with Gasteiger partial charge < -0.3 is 10.0 Å². The summed E-state index contributed by atoms with van der Waals surface area (Å²) in [6, 6.07) is 9.47. The Morgan fingerprint density at radius 3 is 2.71 bits per heavy atom. The molecule has 2 rings (SSSR count). The zero-order chi connectivity index (χ0) is 15.4. The van der Waals surface area contributed by atoms with Crippen LogP contribution in [0.2, 0.25) is 5.02 Å². The van der Waals surface area contributed by atoms with E-state index in [1.54, 1.807) is 6.20 Å². The Bertz CT molecular complexity index is 656. The molecule has 0 aliphatic heterocycles. The molecule has 0 bridgehead atoms. The van der Waals surface area contributed by atoms with Crippen LogP contribution in [0.15, 0.2) is 36.5 Å². The molecule has 1 aromatic carbocycles. The zero-order valence-corrected chi connectivity index (χ0v) is 12.8. The number of aromatic nitrogens is 1. The SMILES string of the molecule is CN(C)c1cc(-c2ccc(Cl)cc2CCC(=O)O)ccn1. The molecule has 0 aliphatic carbocycles. The van der Waals surface area contributed by atoms with E-state index in [4.69, 9.17) is 16.7 Å². The third kappa shape index (κ3) is 3.95. The van der Waals surface area contributed by atoms with Crippen LogP contribution in [-0.4, -0.2) is 30.2 Å². The van der Waals surface area contributed by atoms with Crippen LogP contribution >= 0.6 is 11.6 Å². The van der Waals surface area contributed by atoms with E-state index in [0.717, 1.165) is 22.5 Å². The molecule has 0 atom stereocenters. The van der Waals surface area contributed by atoms with Crippen molar-refractivity contribution in [3.8, 4) is 11.1 Å². The maximum atomic E-state index is 10.8. The molecule has 0 aliphatic rings. The number of halogens is 1. The quantitative estimate of drug-likeness (QED) is 0.919. The van der Waals surface area contributed by atoms with Crippen LogP contribution in [0.3, 0.4) is 0 Å². The minimum absolute atomic E-state index is 0.0823. The van der Waals surface area contributed by atoms with Crippen LogP contribution in [0.5, 0.6) is 0 Å². The highest BCUT2D eigenvalue weighted by molar-refractivity contribution is 6.30. The van der Waals surface area contributed by atoms with E-state index in [1.165, 1.54) is 0 Å². The van der Waals surface area contributed by atoms with Crippen molar-refractivity contribution in [1.82, 2.24) is 4.98 Å². The first-order valence-corrected chi connectivity index (χ1v) is 6.99. The van der Waals surface area contributed by atoms with Crippen LogP contribution in [-0.2, 0) is 11.2 Å². The fourth-order valence-electron chi connectivity index (χ4n) is 2.12. The van der Waals surface area contributed by atoms with Gasteiger partial charge in [0.2, 0.25) is 0 Å². The summed E-state index contributed by atoms with van der Waals surface area (Å²) in [5.41, 5.74) is 2.93. The topological polar surface area (TPSA) is 53.4 Å². The molecule has 21 heavy (non-hydrogen) atoms. The normalized spacial score (nSPS) is 10.4. The number of anilines is 1. The van der Waals surface area contributed by atoms with Gasteiger partial charge in [-0.05, 0) is 47.4 Å². The van der Waals surface area contributed by atoms with Crippen molar-refractivity contribution >= 4 is 23.4 Å². The lowest BCUT2D eigenvalue weighted by Gasteiger charge is -2.14. The second kappa shape index (κ2) is 6.59. The summed E-state index contributed by atoms with van der Waals surface area (Å²) in [6.07, 6.45) is 2.28. The number of hydrogen-bond acceptors (Lipinski definition) is 3. The second-order valence-electron chi connectivity index (χ2n) is 4.99. The lowest BCUT2D eigenvalue weighted by atomic mass is 9.97. The Morgan fingerprint density at radius 1 is 1.29 bits per heavy atom. The largest absolute Gasteiger partial charge is 0.481 e. The first kappa shape index (κ1) is 15.3. The van der Waals surface area contributed by atoms with Crippen LogP contribution in [0.4, 0.5) is 5.82 Å². The number of hydrogen-bond donors (Lipinski definition) is 1. The monoisotopic (exact) mass is 304 g/mol. The van der Waals surface area contributed by atoms with E-state index in [0.29, 0.717) is 11.4 Å². The molecular formula is C16H17ClN2O2. The highest BCUT2D eigenvalue weighted by Gasteiger charge is 2.09. The Kier molecular flexibility index (Phi) is 4.81. The lowest BCUT2D eigenvalue weighted by molar-refractivity contribution is -0.136. The number of nitrogens with zero attached hydrogens (tertiary/aromatic N) is 2. The molecule has 2 aromatic rings. The third-order valence-corrected chi connectivity index (χ3v) is 3.43. The van der Waals surface area contributed by atoms with Gasteiger partial charge in [-0.3, -0.25) is 4.79 Å². The van der Waals surface area contributed by atoms with Gasteiger partial charge in [0.1, 0.15) is 5.82 Å². The van der Waals surface area contributed by atoms with Crippen molar-refractivity contribution in [3.05, 3.63) is 47.1 Å². The van der Waals surface area contributed by atoms with Gasteiger partial charge in [-0.25, -0.2) is 4.98 Å². The van der Waals surface area contributed by atoms with Crippen molar-refractivity contribution < 1.29 is 9.90 Å². The molecule has 0 saturated heterocycles. The van der Waals surface area contributed by atoms with E-state index in [1.807, 2.05) is 49.3 Å². The Labute approximate surface area is 129 Å². The van der Waals surface area contributed by atoms with Crippen molar-refractivity contribution in [1.29, 1.82) is 0 Å². The number of carboxylic acid groups (broad SMARTS) is 1. The molecule has 1 N–H and O–H groups in total. The maximum absolute atomic E-state index is 10.8. The third-order valence-electron chi connectivity index (χ3n) is 3.19. The summed E-state index contributed by atoms with van der Waals surface area (Å²) < 4.78 is 0. The number of rotatable bonds is 5. The molecule has 1 heterocycles. The van der Waals surface area contributed by atoms with Crippen molar-refractivity contribution in [3.63, 3.8) is 0 Å². The standard InChI is InChI=1S/C16H17ClN2O2/c1-19(2)15-10-12(7-8-18-15)14-5-4-13(17)9-11(14)3-6-16(20)21/h4-5,7-10H,3,6H2,1-2H3,(H,20,21). The Hall–Kier alpha value is -2.07. The van der Waals surface area contributed by atoms with Crippen LogP contribution < -0.4 is 4.90 Å². The molecule has 0 saturated carbocycles. The predicted molar refractivity (Wildman–Crippen MR) is 85.0 cm³/mol. The van der Waals surface area contributed by atoms with Gasteiger partial charge in [0.25, 0.3) is 0 Å². The van der Waals surface area contributed by atoms with Crippen LogP contribution in [0, 0.1) is 0 Å². The smallest absolute Gasteiger partial charge is 0.303 e.